The van der Waals surface area contributed by atoms with Gasteiger partial charge < -0.3 is 9.52 Å². The highest BCUT2D eigenvalue weighted by Crippen LogP contribution is 2.21. The van der Waals surface area contributed by atoms with Gasteiger partial charge in [0, 0.05) is 32.7 Å². The van der Waals surface area contributed by atoms with Crippen LogP contribution in [-0.4, -0.2) is 55.5 Å². The van der Waals surface area contributed by atoms with Gasteiger partial charge in [-0.25, -0.2) is 12.8 Å². The summed E-state index contributed by atoms with van der Waals surface area (Å²) in [6.07, 6.45) is 0.743. The quantitative estimate of drug-likeness (QED) is 0.880. The SMILES string of the molecule is O=S(=O)(c1ccccc1F)N1CCN(CC(O)c2ccco2)CC1. The zero-order valence-corrected chi connectivity index (χ0v) is 13.8. The molecule has 3 rings (SSSR count). The summed E-state index contributed by atoms with van der Waals surface area (Å²) in [5.41, 5.74) is 0. The number of sulfonamides is 1. The van der Waals surface area contributed by atoms with Crippen LogP contribution in [0.1, 0.15) is 11.9 Å². The number of rotatable bonds is 5. The second-order valence-electron chi connectivity index (χ2n) is 5.67. The first-order valence-corrected chi connectivity index (χ1v) is 9.11. The summed E-state index contributed by atoms with van der Waals surface area (Å²) in [5, 5.41) is 10.1. The number of β-amino-alcohol motifs (C(OH)–C–C–N with tert-alkyl or cyclic N) is 1. The first-order chi connectivity index (χ1) is 11.5. The Hall–Kier alpha value is -1.74. The zero-order chi connectivity index (χ0) is 17.2. The van der Waals surface area contributed by atoms with Gasteiger partial charge in [0.2, 0.25) is 10.0 Å². The van der Waals surface area contributed by atoms with E-state index in [2.05, 4.69) is 0 Å². The summed E-state index contributed by atoms with van der Waals surface area (Å²) >= 11 is 0. The molecule has 0 amide bonds. The van der Waals surface area contributed by atoms with Gasteiger partial charge in [-0.2, -0.15) is 4.31 Å². The molecular formula is C16H19FN2O4S. The van der Waals surface area contributed by atoms with Gasteiger partial charge in [0.05, 0.1) is 6.26 Å². The summed E-state index contributed by atoms with van der Waals surface area (Å²) in [4.78, 5) is 1.66. The van der Waals surface area contributed by atoms with Crippen LogP contribution in [-0.2, 0) is 10.0 Å². The molecule has 0 bridgehead atoms. The average molecular weight is 354 g/mol. The van der Waals surface area contributed by atoms with E-state index in [1.165, 1.54) is 28.8 Å². The van der Waals surface area contributed by atoms with Crippen LogP contribution in [0.5, 0.6) is 0 Å². The number of nitrogens with zero attached hydrogens (tertiary/aromatic N) is 2. The lowest BCUT2D eigenvalue weighted by atomic mass is 10.2. The van der Waals surface area contributed by atoms with Gasteiger partial charge in [0.15, 0.2) is 0 Å². The minimum absolute atomic E-state index is 0.252. The maximum Gasteiger partial charge on any atom is 0.246 e. The van der Waals surface area contributed by atoms with Crippen molar-refractivity contribution in [3.8, 4) is 0 Å². The van der Waals surface area contributed by atoms with Crippen molar-refractivity contribution in [2.45, 2.75) is 11.0 Å². The van der Waals surface area contributed by atoms with Crippen LogP contribution in [0.25, 0.3) is 0 Å². The highest BCUT2D eigenvalue weighted by Gasteiger charge is 2.31. The Morgan fingerprint density at radius 3 is 2.46 bits per heavy atom. The highest BCUT2D eigenvalue weighted by atomic mass is 32.2. The lowest BCUT2D eigenvalue weighted by Gasteiger charge is -2.34. The molecule has 1 N–H and O–H groups in total. The molecular weight excluding hydrogens is 335 g/mol. The highest BCUT2D eigenvalue weighted by molar-refractivity contribution is 7.89. The van der Waals surface area contributed by atoms with Crippen LogP contribution in [0.4, 0.5) is 4.39 Å². The Morgan fingerprint density at radius 2 is 1.83 bits per heavy atom. The van der Waals surface area contributed by atoms with Crippen molar-refractivity contribution in [3.63, 3.8) is 0 Å². The lowest BCUT2D eigenvalue weighted by molar-refractivity contribution is 0.0776. The molecule has 2 heterocycles. The minimum atomic E-state index is -3.84. The number of furan rings is 1. The minimum Gasteiger partial charge on any atom is -0.467 e. The smallest absolute Gasteiger partial charge is 0.246 e. The Morgan fingerprint density at radius 1 is 1.12 bits per heavy atom. The second kappa shape index (κ2) is 7.02. The topological polar surface area (TPSA) is 74.0 Å². The third-order valence-electron chi connectivity index (χ3n) is 4.09. The van der Waals surface area contributed by atoms with Crippen LogP contribution in [0.2, 0.25) is 0 Å². The van der Waals surface area contributed by atoms with Gasteiger partial charge in [-0.15, -0.1) is 0 Å². The van der Waals surface area contributed by atoms with Crippen molar-refractivity contribution in [1.29, 1.82) is 0 Å². The molecule has 0 saturated carbocycles. The van der Waals surface area contributed by atoms with Crippen molar-refractivity contribution < 1.29 is 22.3 Å². The summed E-state index contributed by atoms with van der Waals surface area (Å²) in [5.74, 6) is -0.260. The Balaban J connectivity index is 1.62. The number of hydrogen-bond donors (Lipinski definition) is 1. The van der Waals surface area contributed by atoms with Crippen LogP contribution < -0.4 is 0 Å². The Kier molecular flexibility index (Phi) is 5.00. The number of halogens is 1. The molecule has 1 unspecified atom stereocenters. The molecule has 6 nitrogen and oxygen atoms in total. The fraction of sp³-hybridized carbons (Fsp3) is 0.375. The van der Waals surface area contributed by atoms with Gasteiger partial charge in [-0.1, -0.05) is 12.1 Å². The summed E-state index contributed by atoms with van der Waals surface area (Å²) < 4.78 is 45.3. The Labute approximate surface area is 140 Å². The number of piperazine rings is 1. The molecule has 1 aliphatic heterocycles. The maximum absolute atomic E-state index is 13.8. The second-order valence-corrected chi connectivity index (χ2v) is 7.57. The number of aliphatic hydroxyl groups excluding tert-OH is 1. The van der Waals surface area contributed by atoms with Crippen molar-refractivity contribution in [1.82, 2.24) is 9.21 Å². The molecule has 130 valence electrons. The van der Waals surface area contributed by atoms with Crippen molar-refractivity contribution in [3.05, 3.63) is 54.2 Å². The summed E-state index contributed by atoms with van der Waals surface area (Å²) in [7, 11) is -3.84. The monoisotopic (exact) mass is 354 g/mol. The predicted octanol–water partition coefficient (Wildman–Crippen LogP) is 1.46. The molecule has 1 saturated heterocycles. The molecule has 1 aromatic heterocycles. The van der Waals surface area contributed by atoms with E-state index in [4.69, 9.17) is 4.42 Å². The van der Waals surface area contributed by atoms with E-state index in [0.29, 0.717) is 25.4 Å². The van der Waals surface area contributed by atoms with E-state index in [1.54, 1.807) is 12.1 Å². The fourth-order valence-corrected chi connectivity index (χ4v) is 4.25. The third kappa shape index (κ3) is 3.51. The van der Waals surface area contributed by atoms with Gasteiger partial charge in [-0.3, -0.25) is 4.90 Å². The summed E-state index contributed by atoms with van der Waals surface area (Å²) in [6, 6.07) is 8.79. The fourth-order valence-electron chi connectivity index (χ4n) is 2.76. The van der Waals surface area contributed by atoms with Crippen LogP contribution in [0.3, 0.4) is 0 Å². The molecule has 0 spiro atoms. The van der Waals surface area contributed by atoms with Crippen molar-refractivity contribution in [2.75, 3.05) is 32.7 Å². The van der Waals surface area contributed by atoms with Gasteiger partial charge in [0.25, 0.3) is 0 Å². The predicted molar refractivity (Wildman–Crippen MR) is 85.3 cm³/mol. The van der Waals surface area contributed by atoms with E-state index in [-0.39, 0.29) is 18.0 Å². The van der Waals surface area contributed by atoms with Gasteiger partial charge >= 0.3 is 0 Å². The lowest BCUT2D eigenvalue weighted by Crippen LogP contribution is -2.49. The molecule has 2 aromatic rings. The molecule has 1 aliphatic rings. The molecule has 0 radical (unpaired) electrons. The molecule has 1 atom stereocenters. The molecule has 1 fully saturated rings. The number of hydrogen-bond acceptors (Lipinski definition) is 5. The van der Waals surface area contributed by atoms with Crippen LogP contribution in [0.15, 0.2) is 52.0 Å². The summed E-state index contributed by atoms with van der Waals surface area (Å²) in [6.45, 7) is 1.79. The third-order valence-corrected chi connectivity index (χ3v) is 6.02. The van der Waals surface area contributed by atoms with E-state index < -0.39 is 21.9 Å². The molecule has 24 heavy (non-hydrogen) atoms. The van der Waals surface area contributed by atoms with E-state index in [1.807, 2.05) is 4.90 Å². The largest absolute Gasteiger partial charge is 0.467 e. The van der Waals surface area contributed by atoms with E-state index in [9.17, 15) is 17.9 Å². The maximum atomic E-state index is 13.8. The zero-order valence-electron chi connectivity index (χ0n) is 13.0. The normalized spacial score (nSPS) is 18.6. The van der Waals surface area contributed by atoms with Gasteiger partial charge in [-0.05, 0) is 24.3 Å². The van der Waals surface area contributed by atoms with E-state index >= 15 is 0 Å². The van der Waals surface area contributed by atoms with Crippen LogP contribution in [0, 0.1) is 5.82 Å². The number of aliphatic hydroxyl groups is 1. The average Bonchev–Trinajstić information content (AvgIpc) is 3.10. The Bertz CT molecular complexity index is 771. The van der Waals surface area contributed by atoms with Crippen molar-refractivity contribution >= 4 is 10.0 Å². The number of benzene rings is 1. The van der Waals surface area contributed by atoms with Crippen molar-refractivity contribution in [2.24, 2.45) is 0 Å². The molecule has 0 aliphatic carbocycles. The first-order valence-electron chi connectivity index (χ1n) is 7.67. The first kappa shape index (κ1) is 17.1. The van der Waals surface area contributed by atoms with E-state index in [0.717, 1.165) is 6.07 Å². The molecule has 8 heteroatoms. The standard InChI is InChI=1S/C16H19FN2O4S/c17-13-4-1-2-6-16(13)24(21,22)19-9-7-18(8-10-19)12-14(20)15-5-3-11-23-15/h1-6,11,14,20H,7-10,12H2. The molecule has 1 aromatic carbocycles. The van der Waals surface area contributed by atoms with Gasteiger partial charge in [0.1, 0.15) is 22.6 Å². The van der Waals surface area contributed by atoms with Crippen LogP contribution >= 0.6 is 0 Å².